The second kappa shape index (κ2) is 14.4. The van der Waals surface area contributed by atoms with E-state index < -0.39 is 5.97 Å². The summed E-state index contributed by atoms with van der Waals surface area (Å²) in [6, 6.07) is 8.19. The predicted molar refractivity (Wildman–Crippen MR) is 165 cm³/mol. The monoisotopic (exact) mass is 575 g/mol. The highest BCUT2D eigenvalue weighted by Gasteiger charge is 2.40. The Morgan fingerprint density at radius 3 is 2.60 bits per heavy atom. The Bertz CT molecular complexity index is 1250. The molecule has 5 rings (SSSR count). The molecule has 0 bridgehead atoms. The van der Waals surface area contributed by atoms with Crippen molar-refractivity contribution in [3.05, 3.63) is 71.8 Å². The standard InChI is InChI=1S/C33H49N7O2/c1-26(2)24-38-17-9-33(10-18-38)11-19-39(25-33)15-4-16-40-20-14-36-32(40)29(22-30-34-12-13-35-30)37-23-28-6-3-5-27(21-28)7-8-31(41)42/h3,5-6,12-14,20-21,26,29,37H,4,7-11,15-19,22-25H2,1-2H3,(H,34,35)(H,41,42). The molecule has 1 spiro atoms. The highest BCUT2D eigenvalue weighted by atomic mass is 16.4. The summed E-state index contributed by atoms with van der Waals surface area (Å²) < 4.78 is 2.31. The third-order valence-electron chi connectivity index (χ3n) is 9.11. The first-order valence-electron chi connectivity index (χ1n) is 15.8. The number of piperidine rings is 1. The van der Waals surface area contributed by atoms with E-state index in [2.05, 4.69) is 61.8 Å². The third-order valence-corrected chi connectivity index (χ3v) is 9.11. The second-order valence-electron chi connectivity index (χ2n) is 12.9. The van der Waals surface area contributed by atoms with Gasteiger partial charge in [-0.25, -0.2) is 9.97 Å². The highest BCUT2D eigenvalue weighted by molar-refractivity contribution is 5.67. The maximum Gasteiger partial charge on any atom is 0.303 e. The van der Waals surface area contributed by atoms with Crippen LogP contribution in [-0.2, 0) is 30.7 Å². The fraction of sp³-hybridized carbons (Fsp3) is 0.606. The van der Waals surface area contributed by atoms with E-state index in [1.807, 2.05) is 24.5 Å². The molecule has 9 heteroatoms. The molecule has 3 N–H and O–H groups in total. The number of nitrogens with zero attached hydrogens (tertiary/aromatic N) is 5. The lowest BCUT2D eigenvalue weighted by molar-refractivity contribution is -0.136. The molecular weight excluding hydrogens is 526 g/mol. The first-order chi connectivity index (χ1) is 20.4. The molecule has 2 fully saturated rings. The van der Waals surface area contributed by atoms with Gasteiger partial charge in [0.2, 0.25) is 0 Å². The SMILES string of the molecule is CC(C)CN1CCC2(CC1)CCN(CCCn1ccnc1C(Cc1ncc[nH]1)NCc1cccc(CCC(=O)O)c1)C2. The number of aromatic amines is 1. The number of aliphatic carboxylic acids is 1. The summed E-state index contributed by atoms with van der Waals surface area (Å²) in [5.74, 6) is 1.95. The molecule has 2 saturated heterocycles. The normalized spacial score (nSPS) is 18.3. The Labute approximate surface area is 250 Å². The van der Waals surface area contributed by atoms with E-state index >= 15 is 0 Å². The van der Waals surface area contributed by atoms with Crippen molar-refractivity contribution in [3.8, 4) is 0 Å². The number of carboxylic acid groups (broad SMARTS) is 1. The number of carboxylic acids is 1. The molecule has 3 aromatic rings. The lowest BCUT2D eigenvalue weighted by Gasteiger charge is -2.40. The largest absolute Gasteiger partial charge is 0.481 e. The van der Waals surface area contributed by atoms with Crippen molar-refractivity contribution in [1.29, 1.82) is 0 Å². The molecule has 9 nitrogen and oxygen atoms in total. The summed E-state index contributed by atoms with van der Waals surface area (Å²) in [7, 11) is 0. The van der Waals surface area contributed by atoms with Gasteiger partial charge < -0.3 is 29.8 Å². The molecule has 1 atom stereocenters. The minimum atomic E-state index is -0.768. The van der Waals surface area contributed by atoms with E-state index in [0.717, 1.165) is 48.2 Å². The molecular formula is C33H49N7O2. The number of carbonyl (C=O) groups is 1. The fourth-order valence-electron chi connectivity index (χ4n) is 6.88. The number of likely N-dealkylation sites (tertiary alicyclic amines) is 2. The molecule has 0 amide bonds. The quantitative estimate of drug-likeness (QED) is 0.245. The highest BCUT2D eigenvalue weighted by Crippen LogP contribution is 2.40. The maximum absolute atomic E-state index is 11.0. The molecule has 2 aromatic heterocycles. The zero-order valence-corrected chi connectivity index (χ0v) is 25.5. The number of hydrogen-bond donors (Lipinski definition) is 3. The van der Waals surface area contributed by atoms with Crippen molar-refractivity contribution in [3.63, 3.8) is 0 Å². The summed E-state index contributed by atoms with van der Waals surface area (Å²) in [6.07, 6.45) is 14.2. The van der Waals surface area contributed by atoms with Crippen LogP contribution >= 0.6 is 0 Å². The van der Waals surface area contributed by atoms with Gasteiger partial charge in [-0.1, -0.05) is 38.1 Å². The Hall–Kier alpha value is -3.01. The van der Waals surface area contributed by atoms with Gasteiger partial charge in [0.15, 0.2) is 0 Å². The van der Waals surface area contributed by atoms with E-state index in [-0.39, 0.29) is 12.5 Å². The topological polar surface area (TPSA) is 102 Å². The van der Waals surface area contributed by atoms with E-state index in [0.29, 0.717) is 24.8 Å². The zero-order valence-electron chi connectivity index (χ0n) is 25.5. The Kier molecular flexibility index (Phi) is 10.5. The van der Waals surface area contributed by atoms with Crippen LogP contribution in [0.25, 0.3) is 0 Å². The van der Waals surface area contributed by atoms with Crippen molar-refractivity contribution in [2.75, 3.05) is 39.3 Å². The molecule has 42 heavy (non-hydrogen) atoms. The summed E-state index contributed by atoms with van der Waals surface area (Å²) in [5.41, 5.74) is 2.72. The van der Waals surface area contributed by atoms with E-state index in [1.54, 1.807) is 6.20 Å². The third kappa shape index (κ3) is 8.52. The fourth-order valence-corrected chi connectivity index (χ4v) is 6.88. The number of imidazole rings is 2. The number of aromatic nitrogens is 4. The van der Waals surface area contributed by atoms with Gasteiger partial charge in [-0.15, -0.1) is 0 Å². The van der Waals surface area contributed by atoms with Gasteiger partial charge in [0.05, 0.1) is 6.04 Å². The Morgan fingerprint density at radius 2 is 1.86 bits per heavy atom. The molecule has 0 radical (unpaired) electrons. The van der Waals surface area contributed by atoms with E-state index in [9.17, 15) is 4.79 Å². The van der Waals surface area contributed by atoms with Crippen molar-refractivity contribution >= 4 is 5.97 Å². The Morgan fingerprint density at radius 1 is 1.07 bits per heavy atom. The van der Waals surface area contributed by atoms with Gasteiger partial charge in [-0.3, -0.25) is 4.79 Å². The minimum Gasteiger partial charge on any atom is -0.481 e. The van der Waals surface area contributed by atoms with E-state index in [4.69, 9.17) is 10.1 Å². The van der Waals surface area contributed by atoms with Crippen LogP contribution in [0.15, 0.2) is 49.1 Å². The number of nitrogens with one attached hydrogen (secondary N) is 2. The predicted octanol–water partition coefficient (Wildman–Crippen LogP) is 4.53. The van der Waals surface area contributed by atoms with Crippen LogP contribution in [0.3, 0.4) is 0 Å². The molecule has 1 aromatic carbocycles. The zero-order chi connectivity index (χ0) is 29.4. The summed E-state index contributed by atoms with van der Waals surface area (Å²) >= 11 is 0. The van der Waals surface area contributed by atoms with Crippen LogP contribution in [0.2, 0.25) is 0 Å². The maximum atomic E-state index is 11.0. The average molecular weight is 576 g/mol. The molecule has 0 aliphatic carbocycles. The number of benzene rings is 1. The Balaban J connectivity index is 1.15. The lowest BCUT2D eigenvalue weighted by atomic mass is 9.77. The van der Waals surface area contributed by atoms with Gasteiger partial charge in [0.1, 0.15) is 11.6 Å². The summed E-state index contributed by atoms with van der Waals surface area (Å²) in [5, 5.41) is 12.8. The molecule has 0 saturated carbocycles. The molecule has 4 heterocycles. The first kappa shape index (κ1) is 30.4. The van der Waals surface area contributed by atoms with Gasteiger partial charge in [-0.2, -0.15) is 0 Å². The van der Waals surface area contributed by atoms with Crippen LogP contribution in [-0.4, -0.2) is 79.7 Å². The molecule has 2 aliphatic heterocycles. The summed E-state index contributed by atoms with van der Waals surface area (Å²) in [4.78, 5) is 28.9. The second-order valence-corrected chi connectivity index (χ2v) is 12.9. The lowest BCUT2D eigenvalue weighted by Crippen LogP contribution is -2.42. The van der Waals surface area contributed by atoms with Crippen LogP contribution in [0.1, 0.15) is 74.8 Å². The number of aryl methyl sites for hydroxylation is 2. The molecule has 228 valence electrons. The molecule has 2 aliphatic rings. The van der Waals surface area contributed by atoms with Crippen LogP contribution in [0, 0.1) is 11.3 Å². The van der Waals surface area contributed by atoms with Gasteiger partial charge in [-0.05, 0) is 80.7 Å². The van der Waals surface area contributed by atoms with Gasteiger partial charge >= 0.3 is 5.97 Å². The first-order valence-corrected chi connectivity index (χ1v) is 15.8. The van der Waals surface area contributed by atoms with E-state index in [1.165, 1.54) is 52.0 Å². The van der Waals surface area contributed by atoms with Gasteiger partial charge in [0, 0.05) is 63.8 Å². The number of rotatable bonds is 15. The smallest absolute Gasteiger partial charge is 0.303 e. The van der Waals surface area contributed by atoms with Crippen molar-refractivity contribution < 1.29 is 9.90 Å². The average Bonchev–Trinajstić information content (AvgIpc) is 3.74. The minimum absolute atomic E-state index is 0.0000876. The number of hydrogen-bond acceptors (Lipinski definition) is 6. The van der Waals surface area contributed by atoms with Crippen molar-refractivity contribution in [2.45, 2.75) is 77.9 Å². The van der Waals surface area contributed by atoms with Crippen LogP contribution in [0.4, 0.5) is 0 Å². The van der Waals surface area contributed by atoms with Crippen molar-refractivity contribution in [2.24, 2.45) is 11.3 Å². The number of H-pyrrole nitrogens is 1. The van der Waals surface area contributed by atoms with Crippen LogP contribution in [0.5, 0.6) is 0 Å². The van der Waals surface area contributed by atoms with Gasteiger partial charge in [0.25, 0.3) is 0 Å². The van der Waals surface area contributed by atoms with Crippen molar-refractivity contribution in [1.82, 2.24) is 34.6 Å². The van der Waals surface area contributed by atoms with Crippen LogP contribution < -0.4 is 5.32 Å². The molecule has 1 unspecified atom stereocenters. The summed E-state index contributed by atoms with van der Waals surface area (Å²) in [6.45, 7) is 13.7.